The van der Waals surface area contributed by atoms with E-state index in [4.69, 9.17) is 0 Å². The molecule has 0 bridgehead atoms. The molecular formula is C19H12BrF4N3S. The summed E-state index contributed by atoms with van der Waals surface area (Å²) >= 11 is 4.07. The molecule has 0 fully saturated rings. The lowest BCUT2D eigenvalue weighted by Gasteiger charge is -2.19. The number of hydrogen-bond acceptors (Lipinski definition) is 4. The van der Waals surface area contributed by atoms with Gasteiger partial charge in [0.25, 0.3) is 0 Å². The largest absolute Gasteiger partial charge is 0.323 e. The van der Waals surface area contributed by atoms with E-state index in [-0.39, 0.29) is 29.0 Å². The second-order valence-corrected chi connectivity index (χ2v) is 7.99. The van der Waals surface area contributed by atoms with E-state index >= 15 is 0 Å². The number of fused-ring (bicyclic) bond motifs is 1. The van der Waals surface area contributed by atoms with Crippen molar-refractivity contribution in [3.8, 4) is 0 Å². The Labute approximate surface area is 170 Å². The molecule has 0 radical (unpaired) electrons. The zero-order chi connectivity index (χ0) is 19.8. The monoisotopic (exact) mass is 469 g/mol. The Morgan fingerprint density at radius 2 is 2.07 bits per heavy atom. The second-order valence-electron chi connectivity index (χ2n) is 6.19. The zero-order valence-electron chi connectivity index (χ0n) is 14.1. The van der Waals surface area contributed by atoms with Crippen LogP contribution in [0.3, 0.4) is 0 Å². The van der Waals surface area contributed by atoms with Crippen LogP contribution >= 0.6 is 27.9 Å². The quantitative estimate of drug-likeness (QED) is 0.410. The van der Waals surface area contributed by atoms with Crippen LogP contribution in [0.4, 0.5) is 29.1 Å². The summed E-state index contributed by atoms with van der Waals surface area (Å²) in [6.45, 7) is 0. The van der Waals surface area contributed by atoms with E-state index in [1.165, 1.54) is 6.07 Å². The summed E-state index contributed by atoms with van der Waals surface area (Å²) in [7, 11) is 0. The van der Waals surface area contributed by atoms with Crippen LogP contribution in [0.2, 0.25) is 0 Å². The summed E-state index contributed by atoms with van der Waals surface area (Å²) in [5, 5.41) is 0. The van der Waals surface area contributed by atoms with E-state index in [0.717, 1.165) is 40.2 Å². The molecule has 0 amide bonds. The molecular weight excluding hydrogens is 458 g/mol. The molecule has 2 aliphatic rings. The normalized spacial score (nSPS) is 17.9. The summed E-state index contributed by atoms with van der Waals surface area (Å²) in [6, 6.07) is 4.14. The van der Waals surface area contributed by atoms with Gasteiger partial charge in [-0.25, -0.2) is 27.5 Å². The molecule has 1 atom stereocenters. The maximum Gasteiger partial charge on any atom is 0.161 e. The Kier molecular flexibility index (Phi) is 5.29. The molecule has 9 heteroatoms. The minimum Gasteiger partial charge on any atom is -0.323 e. The van der Waals surface area contributed by atoms with Gasteiger partial charge < -0.3 is 4.72 Å². The van der Waals surface area contributed by atoms with E-state index in [1.54, 1.807) is 12.3 Å². The van der Waals surface area contributed by atoms with Crippen LogP contribution in [0.5, 0.6) is 0 Å². The highest BCUT2D eigenvalue weighted by Crippen LogP contribution is 2.35. The number of allylic oxidation sites excluding steroid dienone is 4. The first kappa shape index (κ1) is 19.2. The number of nitrogens with one attached hydrogen (secondary N) is 1. The predicted octanol–water partition coefficient (Wildman–Crippen LogP) is 6.34. The van der Waals surface area contributed by atoms with Crippen molar-refractivity contribution in [1.82, 2.24) is 4.98 Å². The van der Waals surface area contributed by atoms with Crippen LogP contribution in [0, 0.1) is 11.6 Å². The van der Waals surface area contributed by atoms with Crippen LogP contribution in [0.15, 0.2) is 56.7 Å². The lowest BCUT2D eigenvalue weighted by Crippen LogP contribution is -2.16. The molecule has 28 heavy (non-hydrogen) atoms. The molecule has 2 aromatic rings. The minimum atomic E-state index is -1.37. The van der Waals surface area contributed by atoms with Gasteiger partial charge in [-0.05, 0) is 58.2 Å². The van der Waals surface area contributed by atoms with Gasteiger partial charge in [0.1, 0.15) is 17.8 Å². The molecule has 1 aromatic carbocycles. The van der Waals surface area contributed by atoms with Gasteiger partial charge in [-0.2, -0.15) is 0 Å². The number of benzene rings is 1. The number of rotatable bonds is 5. The van der Waals surface area contributed by atoms with Crippen LogP contribution in [0.25, 0.3) is 0 Å². The Bertz CT molecular complexity index is 1050. The minimum absolute atomic E-state index is 0.0167. The highest BCUT2D eigenvalue weighted by Gasteiger charge is 2.25. The number of pyridine rings is 1. The van der Waals surface area contributed by atoms with Gasteiger partial charge in [0.2, 0.25) is 0 Å². The van der Waals surface area contributed by atoms with Crippen molar-refractivity contribution in [3.05, 3.63) is 74.5 Å². The van der Waals surface area contributed by atoms with Gasteiger partial charge in [-0.1, -0.05) is 0 Å². The molecule has 1 aromatic heterocycles. The van der Waals surface area contributed by atoms with Crippen molar-refractivity contribution in [2.45, 2.75) is 19.0 Å². The average molecular weight is 470 g/mol. The molecule has 0 saturated carbocycles. The third-order valence-corrected chi connectivity index (χ3v) is 5.67. The van der Waals surface area contributed by atoms with Crippen molar-refractivity contribution in [1.29, 1.82) is 0 Å². The number of aromatic nitrogens is 1. The first-order valence-electron chi connectivity index (χ1n) is 8.27. The maximum absolute atomic E-state index is 14.8. The molecule has 1 aliphatic heterocycles. The maximum atomic E-state index is 14.8. The molecule has 2 heterocycles. The molecule has 0 spiro atoms. The van der Waals surface area contributed by atoms with Crippen molar-refractivity contribution < 1.29 is 17.6 Å². The first-order chi connectivity index (χ1) is 13.4. The van der Waals surface area contributed by atoms with Crippen LogP contribution in [0.1, 0.15) is 17.5 Å². The smallest absolute Gasteiger partial charge is 0.161 e. The number of nitrogens with zero attached hydrogens (tertiary/aromatic N) is 2. The van der Waals surface area contributed by atoms with E-state index in [2.05, 4.69) is 30.6 Å². The van der Waals surface area contributed by atoms with Gasteiger partial charge in [-0.3, -0.25) is 0 Å². The molecule has 1 N–H and O–H groups in total. The lowest BCUT2D eigenvalue weighted by atomic mass is 9.97. The van der Waals surface area contributed by atoms with Crippen LogP contribution in [-0.2, 0) is 6.42 Å². The number of hydrogen-bond donors (Lipinski definition) is 1. The van der Waals surface area contributed by atoms with Gasteiger partial charge in [0.15, 0.2) is 11.6 Å². The fourth-order valence-electron chi connectivity index (χ4n) is 2.83. The number of aliphatic imine (C=N–C) groups is 1. The predicted molar refractivity (Wildman–Crippen MR) is 106 cm³/mol. The number of anilines is 1. The van der Waals surface area contributed by atoms with E-state index in [9.17, 15) is 17.6 Å². The third-order valence-electron chi connectivity index (χ3n) is 4.30. The topological polar surface area (TPSA) is 37.3 Å². The van der Waals surface area contributed by atoms with Crippen molar-refractivity contribution in [2.24, 2.45) is 4.99 Å². The molecule has 3 nitrogen and oxygen atoms in total. The average Bonchev–Trinajstić information content (AvgIpc) is 2.65. The van der Waals surface area contributed by atoms with Crippen LogP contribution < -0.4 is 4.72 Å². The van der Waals surface area contributed by atoms with Gasteiger partial charge in [-0.15, -0.1) is 0 Å². The number of alkyl halides is 1. The van der Waals surface area contributed by atoms with E-state index < -0.39 is 23.6 Å². The molecule has 0 saturated heterocycles. The molecule has 144 valence electrons. The van der Waals surface area contributed by atoms with Gasteiger partial charge in [0.05, 0.1) is 11.4 Å². The zero-order valence-corrected chi connectivity index (χ0v) is 16.6. The highest BCUT2D eigenvalue weighted by atomic mass is 79.9. The Morgan fingerprint density at radius 3 is 2.89 bits per heavy atom. The number of halogens is 5. The van der Waals surface area contributed by atoms with Gasteiger partial charge in [0, 0.05) is 39.5 Å². The Morgan fingerprint density at radius 1 is 1.25 bits per heavy atom. The lowest BCUT2D eigenvalue weighted by molar-refractivity contribution is 0.391. The molecule has 1 aliphatic carbocycles. The van der Waals surface area contributed by atoms with E-state index in [1.807, 2.05) is 0 Å². The third kappa shape index (κ3) is 3.73. The van der Waals surface area contributed by atoms with Crippen molar-refractivity contribution >= 4 is 45.1 Å². The highest BCUT2D eigenvalue weighted by molar-refractivity contribution is 9.10. The fraction of sp³-hybridized carbons (Fsp3) is 0.158. The summed E-state index contributed by atoms with van der Waals surface area (Å²) < 4.78 is 59.6. The standard InChI is InChI=1S/C19H12BrF4N3S/c20-9-5-12-16(26-19(12)25-8-9)7-11-13(22)3-4-15(18(11)24)27-28-17-6-10(21)1-2-14(17)23/h1,3-6,8,14,27H,2,7H2. The fourth-order valence-corrected chi connectivity index (χ4v) is 3.95. The summed E-state index contributed by atoms with van der Waals surface area (Å²) in [5.74, 6) is -1.52. The second kappa shape index (κ2) is 7.71. The molecule has 4 rings (SSSR count). The summed E-state index contributed by atoms with van der Waals surface area (Å²) in [4.78, 5) is 8.39. The Hall–Kier alpha value is -2.13. The van der Waals surface area contributed by atoms with Crippen LogP contribution in [-0.4, -0.2) is 16.9 Å². The summed E-state index contributed by atoms with van der Waals surface area (Å²) in [6.07, 6.45) is 2.31. The van der Waals surface area contributed by atoms with Crippen molar-refractivity contribution in [3.63, 3.8) is 0 Å². The van der Waals surface area contributed by atoms with Crippen molar-refractivity contribution in [2.75, 3.05) is 4.72 Å². The van der Waals surface area contributed by atoms with E-state index in [0.29, 0.717) is 11.5 Å². The Balaban J connectivity index is 1.53. The molecule has 1 unspecified atom stereocenters. The SMILES string of the molecule is FC1=CCC(F)C(SNc2ccc(F)c(CC3=Nc4ncc(Br)cc43)c2F)=C1. The summed E-state index contributed by atoms with van der Waals surface area (Å²) in [5.41, 5.74) is 1.08. The van der Waals surface area contributed by atoms with Gasteiger partial charge >= 0.3 is 0 Å². The first-order valence-corrected chi connectivity index (χ1v) is 9.88.